The van der Waals surface area contributed by atoms with Crippen molar-refractivity contribution in [3.8, 4) is 11.3 Å². The Kier molecular flexibility index (Phi) is 8.19. The molecule has 0 radical (unpaired) electrons. The highest BCUT2D eigenvalue weighted by Gasteiger charge is 2.12. The van der Waals surface area contributed by atoms with Crippen molar-refractivity contribution in [3.63, 3.8) is 0 Å². The third kappa shape index (κ3) is 6.73. The van der Waals surface area contributed by atoms with Crippen molar-refractivity contribution in [2.45, 2.75) is 0 Å². The summed E-state index contributed by atoms with van der Waals surface area (Å²) in [5, 5.41) is 11.0. The molecule has 0 bridgehead atoms. The maximum absolute atomic E-state index is 12.9. The fourth-order valence-electron chi connectivity index (χ4n) is 3.88. The van der Waals surface area contributed by atoms with Crippen LogP contribution in [-0.2, 0) is 4.79 Å². The monoisotopic (exact) mass is 549 g/mol. The Labute approximate surface area is 235 Å². The summed E-state index contributed by atoms with van der Waals surface area (Å²) in [6, 6.07) is 19.9. The van der Waals surface area contributed by atoms with E-state index >= 15 is 0 Å². The van der Waals surface area contributed by atoms with E-state index in [2.05, 4.69) is 25.9 Å². The van der Waals surface area contributed by atoms with Crippen LogP contribution in [0.4, 0.5) is 23.0 Å². The number of anilines is 4. The number of carbonyl (C=O) groups is 2. The molecule has 3 N–H and O–H groups in total. The third-order valence-electron chi connectivity index (χ3n) is 5.77. The quantitative estimate of drug-likeness (QED) is 0.199. The molecule has 0 saturated heterocycles. The largest absolute Gasteiger partial charge is 0.324 e. The van der Waals surface area contributed by atoms with Crippen LogP contribution < -0.4 is 16.0 Å². The number of nitrogens with one attached hydrogen (secondary N) is 3. The van der Waals surface area contributed by atoms with Gasteiger partial charge in [0.25, 0.3) is 5.91 Å². The number of nitrogens with zero attached hydrogens (tertiary/aromatic N) is 4. The molecular formula is C30H27N7O2S. The van der Waals surface area contributed by atoms with Gasteiger partial charge >= 0.3 is 0 Å². The lowest BCUT2D eigenvalue weighted by Crippen LogP contribution is -2.13. The predicted octanol–water partition coefficient (Wildman–Crippen LogP) is 5.81. The molecule has 9 nitrogen and oxygen atoms in total. The summed E-state index contributed by atoms with van der Waals surface area (Å²) in [6.45, 7) is 0.673. The Balaban J connectivity index is 1.26. The zero-order chi connectivity index (χ0) is 27.9. The molecule has 200 valence electrons. The first kappa shape index (κ1) is 26.7. The first-order valence-corrected chi connectivity index (χ1v) is 13.4. The van der Waals surface area contributed by atoms with Gasteiger partial charge in [0.05, 0.1) is 15.9 Å². The molecule has 0 fully saturated rings. The second-order valence-electron chi connectivity index (χ2n) is 9.16. The van der Waals surface area contributed by atoms with Crippen molar-refractivity contribution >= 4 is 56.4 Å². The minimum atomic E-state index is -0.268. The third-order valence-corrected chi connectivity index (χ3v) is 6.68. The first-order valence-electron chi connectivity index (χ1n) is 12.5. The van der Waals surface area contributed by atoms with Gasteiger partial charge in [-0.15, -0.1) is 11.3 Å². The number of aromatic nitrogens is 3. The Hall–Kier alpha value is -4.93. The van der Waals surface area contributed by atoms with Gasteiger partial charge in [0.1, 0.15) is 0 Å². The number of pyridine rings is 1. The average molecular weight is 550 g/mol. The van der Waals surface area contributed by atoms with Crippen molar-refractivity contribution < 1.29 is 9.59 Å². The number of benzene rings is 2. The molecule has 0 spiro atoms. The lowest BCUT2D eigenvalue weighted by atomic mass is 10.2. The molecule has 0 unspecified atom stereocenters. The molecule has 0 aliphatic carbocycles. The molecule has 5 aromatic rings. The smallest absolute Gasteiger partial charge is 0.255 e. The van der Waals surface area contributed by atoms with Gasteiger partial charge in [-0.2, -0.15) is 0 Å². The summed E-state index contributed by atoms with van der Waals surface area (Å²) in [4.78, 5) is 40.5. The number of rotatable bonds is 9. The average Bonchev–Trinajstić information content (AvgIpc) is 3.42. The highest BCUT2D eigenvalue weighted by atomic mass is 32.1. The van der Waals surface area contributed by atoms with Gasteiger partial charge in [-0.05, 0) is 80.1 Å². The Morgan fingerprint density at radius 3 is 2.52 bits per heavy atom. The van der Waals surface area contributed by atoms with E-state index in [0.717, 1.165) is 27.2 Å². The summed E-state index contributed by atoms with van der Waals surface area (Å²) >= 11 is 1.59. The SMILES string of the molecule is CN(C)C/C=C/C(=O)Nc1ccc(C(=O)Nc2cccc(Nc3nc(-c4cccnc4)c4sccc4n3)c2)cc1. The van der Waals surface area contributed by atoms with E-state index in [1.807, 2.05) is 66.8 Å². The molecule has 3 heterocycles. The van der Waals surface area contributed by atoms with Crippen molar-refractivity contribution in [2.75, 3.05) is 36.6 Å². The Morgan fingerprint density at radius 1 is 0.925 bits per heavy atom. The molecule has 0 atom stereocenters. The van der Waals surface area contributed by atoms with Crippen LogP contribution in [0.3, 0.4) is 0 Å². The molecule has 2 amide bonds. The normalized spacial score (nSPS) is 11.2. The predicted molar refractivity (Wildman–Crippen MR) is 161 cm³/mol. The van der Waals surface area contributed by atoms with Crippen LogP contribution in [0.25, 0.3) is 21.5 Å². The van der Waals surface area contributed by atoms with Gasteiger partial charge in [0, 0.05) is 53.2 Å². The highest BCUT2D eigenvalue weighted by molar-refractivity contribution is 7.17. The fourth-order valence-corrected chi connectivity index (χ4v) is 4.73. The molecule has 3 aromatic heterocycles. The van der Waals surface area contributed by atoms with E-state index in [-0.39, 0.29) is 11.8 Å². The van der Waals surface area contributed by atoms with Crippen molar-refractivity contribution in [1.82, 2.24) is 19.9 Å². The molecule has 10 heteroatoms. The van der Waals surface area contributed by atoms with Gasteiger partial charge in [0.15, 0.2) is 0 Å². The summed E-state index contributed by atoms with van der Waals surface area (Å²) in [7, 11) is 3.86. The fraction of sp³-hybridized carbons (Fsp3) is 0.100. The van der Waals surface area contributed by atoms with Crippen molar-refractivity contribution in [2.24, 2.45) is 0 Å². The van der Waals surface area contributed by atoms with Crippen LogP contribution in [-0.4, -0.2) is 52.3 Å². The van der Waals surface area contributed by atoms with Crippen LogP contribution in [0.1, 0.15) is 10.4 Å². The maximum atomic E-state index is 12.9. The lowest BCUT2D eigenvalue weighted by molar-refractivity contribution is -0.111. The first-order chi connectivity index (χ1) is 19.4. The Bertz CT molecular complexity index is 1670. The molecule has 0 aliphatic heterocycles. The van der Waals surface area contributed by atoms with E-state index in [1.54, 1.807) is 54.1 Å². The molecule has 5 rings (SSSR count). The van der Waals surface area contributed by atoms with Crippen LogP contribution in [0, 0.1) is 0 Å². The van der Waals surface area contributed by atoms with Gasteiger partial charge in [0.2, 0.25) is 11.9 Å². The standard InChI is InChI=1S/C30H27N7O2S/c1-37(2)16-5-9-26(38)32-22-12-10-20(11-13-22)29(39)33-23-7-3-8-24(18-23)34-30-35-25-14-17-40-28(25)27(36-30)21-6-4-15-31-19-21/h3-15,17-19H,16H2,1-2H3,(H,32,38)(H,33,39)(H,34,35,36)/b9-5+. The van der Waals surface area contributed by atoms with Crippen molar-refractivity contribution in [1.29, 1.82) is 0 Å². The number of hydrogen-bond donors (Lipinski definition) is 3. The maximum Gasteiger partial charge on any atom is 0.255 e. The molecule has 2 aromatic carbocycles. The van der Waals surface area contributed by atoms with E-state index in [4.69, 9.17) is 4.98 Å². The molecule has 0 saturated carbocycles. The molecular weight excluding hydrogens is 522 g/mol. The molecule has 0 aliphatic rings. The minimum absolute atomic E-state index is 0.224. The number of likely N-dealkylation sites (N-methyl/N-ethyl adjacent to an activating group) is 1. The number of fused-ring (bicyclic) bond motifs is 1. The molecule has 40 heavy (non-hydrogen) atoms. The second-order valence-corrected chi connectivity index (χ2v) is 10.1. The van der Waals surface area contributed by atoms with E-state index in [0.29, 0.717) is 29.4 Å². The number of thiophene rings is 1. The van der Waals surface area contributed by atoms with Crippen LogP contribution in [0.15, 0.2) is 96.7 Å². The summed E-state index contributed by atoms with van der Waals surface area (Å²) < 4.78 is 0.992. The van der Waals surface area contributed by atoms with Gasteiger partial charge in [-0.1, -0.05) is 12.1 Å². The Morgan fingerprint density at radius 2 is 1.75 bits per heavy atom. The van der Waals surface area contributed by atoms with Gasteiger partial charge in [-0.25, -0.2) is 9.97 Å². The van der Waals surface area contributed by atoms with Crippen LogP contribution in [0.2, 0.25) is 0 Å². The summed E-state index contributed by atoms with van der Waals surface area (Å²) in [6.07, 6.45) is 6.79. The van der Waals surface area contributed by atoms with Gasteiger partial charge in [-0.3, -0.25) is 14.6 Å². The lowest BCUT2D eigenvalue weighted by Gasteiger charge is -2.11. The number of hydrogen-bond acceptors (Lipinski definition) is 8. The number of amides is 2. The zero-order valence-electron chi connectivity index (χ0n) is 22.0. The van der Waals surface area contributed by atoms with E-state index < -0.39 is 0 Å². The van der Waals surface area contributed by atoms with E-state index in [1.165, 1.54) is 6.08 Å². The highest BCUT2D eigenvalue weighted by Crippen LogP contribution is 2.31. The zero-order valence-corrected chi connectivity index (χ0v) is 22.8. The topological polar surface area (TPSA) is 112 Å². The summed E-state index contributed by atoms with van der Waals surface area (Å²) in [5.41, 5.74) is 4.97. The van der Waals surface area contributed by atoms with Crippen molar-refractivity contribution in [3.05, 3.63) is 102 Å². The summed E-state index contributed by atoms with van der Waals surface area (Å²) in [5.74, 6) is -0.0452. The number of carbonyl (C=O) groups excluding carboxylic acids is 2. The second kappa shape index (κ2) is 12.3. The van der Waals surface area contributed by atoms with Gasteiger partial charge < -0.3 is 20.9 Å². The van der Waals surface area contributed by atoms with Crippen LogP contribution >= 0.6 is 11.3 Å². The van der Waals surface area contributed by atoms with E-state index in [9.17, 15) is 9.59 Å². The minimum Gasteiger partial charge on any atom is -0.324 e. The van der Waals surface area contributed by atoms with Crippen LogP contribution in [0.5, 0.6) is 0 Å².